The first kappa shape index (κ1) is 18.2. The third kappa shape index (κ3) is 3.51. The van der Waals surface area contributed by atoms with Crippen LogP contribution >= 0.6 is 11.6 Å². The minimum absolute atomic E-state index is 0.0466. The van der Waals surface area contributed by atoms with Gasteiger partial charge in [-0.2, -0.15) is 10.2 Å². The maximum Gasteiger partial charge on any atom is 0.267 e. The minimum atomic E-state index is -0.0787. The Morgan fingerprint density at radius 1 is 1.26 bits per heavy atom. The van der Waals surface area contributed by atoms with Gasteiger partial charge in [0.2, 0.25) is 0 Å². The molecule has 2 aromatic rings. The normalized spacial score (nSPS) is 27.5. The molecular formula is C20H24ClN5O. The second kappa shape index (κ2) is 7.44. The van der Waals surface area contributed by atoms with Crippen LogP contribution in [-0.4, -0.2) is 29.1 Å². The lowest BCUT2D eigenvalue weighted by Gasteiger charge is -2.40. The summed E-state index contributed by atoms with van der Waals surface area (Å²) < 4.78 is 1.67. The molecule has 1 aromatic heterocycles. The number of benzene rings is 1. The molecule has 0 saturated heterocycles. The van der Waals surface area contributed by atoms with Gasteiger partial charge in [0, 0.05) is 35.8 Å². The third-order valence-electron chi connectivity index (χ3n) is 5.97. The van der Waals surface area contributed by atoms with E-state index in [-0.39, 0.29) is 22.9 Å². The highest BCUT2D eigenvalue weighted by atomic mass is 35.5. The van der Waals surface area contributed by atoms with Crippen LogP contribution in [0.4, 0.5) is 0 Å². The van der Waals surface area contributed by atoms with E-state index in [1.54, 1.807) is 10.7 Å². The Morgan fingerprint density at radius 3 is 2.74 bits per heavy atom. The molecular weight excluding hydrogens is 362 g/mol. The molecule has 27 heavy (non-hydrogen) atoms. The lowest BCUT2D eigenvalue weighted by Crippen LogP contribution is -2.41. The summed E-state index contributed by atoms with van der Waals surface area (Å²) in [6.07, 6.45) is 5.42. The number of hydrazone groups is 1. The zero-order valence-electron chi connectivity index (χ0n) is 15.1. The van der Waals surface area contributed by atoms with E-state index in [2.05, 4.69) is 21.7 Å². The first-order valence-corrected chi connectivity index (χ1v) is 9.81. The van der Waals surface area contributed by atoms with E-state index in [0.717, 1.165) is 42.9 Å². The molecule has 1 aliphatic heterocycles. The van der Waals surface area contributed by atoms with Gasteiger partial charge in [-0.25, -0.2) is 4.68 Å². The molecule has 7 heteroatoms. The molecule has 1 unspecified atom stereocenters. The van der Waals surface area contributed by atoms with E-state index in [0.29, 0.717) is 6.54 Å². The van der Waals surface area contributed by atoms with E-state index in [1.165, 1.54) is 5.56 Å². The average Bonchev–Trinajstić information content (AvgIpc) is 3.23. The first-order chi connectivity index (χ1) is 13.1. The Morgan fingerprint density at radius 2 is 2.07 bits per heavy atom. The molecule has 3 N–H and O–H groups in total. The van der Waals surface area contributed by atoms with Crippen LogP contribution in [0.5, 0.6) is 0 Å². The predicted octanol–water partition coefficient (Wildman–Crippen LogP) is 2.58. The lowest BCUT2D eigenvalue weighted by molar-refractivity contribution is 0.221. The molecule has 0 amide bonds. The highest BCUT2D eigenvalue weighted by Crippen LogP contribution is 2.42. The minimum Gasteiger partial charge on any atom is -0.330 e. The number of hydrogen-bond acceptors (Lipinski definition) is 5. The molecule has 4 rings (SSSR count). The number of nitrogens with one attached hydrogen (secondary N) is 1. The van der Waals surface area contributed by atoms with E-state index < -0.39 is 0 Å². The molecule has 2 heterocycles. The van der Waals surface area contributed by atoms with Crippen molar-refractivity contribution < 1.29 is 0 Å². The van der Waals surface area contributed by atoms with Crippen molar-refractivity contribution in [3.63, 3.8) is 0 Å². The summed E-state index contributed by atoms with van der Waals surface area (Å²) >= 11 is 6.20. The largest absolute Gasteiger partial charge is 0.330 e. The van der Waals surface area contributed by atoms with Gasteiger partial charge in [-0.05, 0) is 49.4 Å². The van der Waals surface area contributed by atoms with Crippen LogP contribution < -0.4 is 16.7 Å². The Balaban J connectivity index is 1.56. The van der Waals surface area contributed by atoms with Crippen LogP contribution in [0.2, 0.25) is 5.02 Å². The predicted molar refractivity (Wildman–Crippen MR) is 107 cm³/mol. The van der Waals surface area contributed by atoms with Gasteiger partial charge < -0.3 is 11.2 Å². The van der Waals surface area contributed by atoms with Gasteiger partial charge in [-0.3, -0.25) is 4.79 Å². The molecule has 0 bridgehead atoms. The fraction of sp³-hybridized carbons (Fsp3) is 0.450. The van der Waals surface area contributed by atoms with Crippen molar-refractivity contribution in [1.29, 1.82) is 0 Å². The van der Waals surface area contributed by atoms with Crippen LogP contribution in [0.1, 0.15) is 48.9 Å². The maximum absolute atomic E-state index is 12.4. The number of aromatic nitrogens is 2. The van der Waals surface area contributed by atoms with Crippen molar-refractivity contribution in [3.8, 4) is 0 Å². The van der Waals surface area contributed by atoms with Gasteiger partial charge in [-0.1, -0.05) is 23.7 Å². The van der Waals surface area contributed by atoms with Crippen LogP contribution in [0.25, 0.3) is 0 Å². The van der Waals surface area contributed by atoms with Crippen molar-refractivity contribution in [3.05, 3.63) is 63.0 Å². The fourth-order valence-corrected chi connectivity index (χ4v) is 4.45. The summed E-state index contributed by atoms with van der Waals surface area (Å²) in [6, 6.07) is 11.5. The summed E-state index contributed by atoms with van der Waals surface area (Å²) in [4.78, 5) is 12.4. The SMILES string of the molecule is NCC1(c2cccc(Cl)c2)CCC(n2nc(C3C=NNC3)ccc2=O)CC1. The highest BCUT2D eigenvalue weighted by Gasteiger charge is 2.37. The van der Waals surface area contributed by atoms with Gasteiger partial charge in [0.1, 0.15) is 0 Å². The fourth-order valence-electron chi connectivity index (χ4n) is 4.26. The van der Waals surface area contributed by atoms with E-state index in [4.69, 9.17) is 17.3 Å². The second-order valence-corrected chi connectivity index (χ2v) is 7.95. The lowest BCUT2D eigenvalue weighted by atomic mass is 9.68. The van der Waals surface area contributed by atoms with Gasteiger partial charge in [0.25, 0.3) is 5.56 Å². The first-order valence-electron chi connectivity index (χ1n) is 9.43. The monoisotopic (exact) mass is 385 g/mol. The topological polar surface area (TPSA) is 85.3 Å². The van der Waals surface area contributed by atoms with E-state index in [9.17, 15) is 4.79 Å². The Kier molecular flexibility index (Phi) is 5.02. The molecule has 1 aliphatic carbocycles. The molecule has 6 nitrogen and oxygen atoms in total. The zero-order chi connectivity index (χ0) is 18.9. The Labute approximate surface area is 163 Å². The summed E-state index contributed by atoms with van der Waals surface area (Å²) in [6.45, 7) is 1.30. The van der Waals surface area contributed by atoms with Gasteiger partial charge in [0.05, 0.1) is 17.7 Å². The quantitative estimate of drug-likeness (QED) is 0.847. The van der Waals surface area contributed by atoms with Crippen molar-refractivity contribution in [1.82, 2.24) is 15.2 Å². The van der Waals surface area contributed by atoms with Crippen molar-refractivity contribution in [2.45, 2.75) is 43.1 Å². The molecule has 1 aromatic carbocycles. The molecule has 2 aliphatic rings. The highest BCUT2D eigenvalue weighted by molar-refractivity contribution is 6.30. The molecule has 1 saturated carbocycles. The Bertz CT molecular complexity index is 901. The number of hydrogen-bond donors (Lipinski definition) is 2. The van der Waals surface area contributed by atoms with Crippen molar-refractivity contribution in [2.75, 3.05) is 13.1 Å². The third-order valence-corrected chi connectivity index (χ3v) is 6.20. The van der Waals surface area contributed by atoms with Gasteiger partial charge >= 0.3 is 0 Å². The maximum atomic E-state index is 12.4. The summed E-state index contributed by atoms with van der Waals surface area (Å²) in [5, 5.41) is 9.44. The summed E-state index contributed by atoms with van der Waals surface area (Å²) in [7, 11) is 0. The molecule has 1 fully saturated rings. The van der Waals surface area contributed by atoms with Crippen molar-refractivity contribution >= 4 is 17.8 Å². The molecule has 0 radical (unpaired) electrons. The van der Waals surface area contributed by atoms with Crippen LogP contribution in [0, 0.1) is 0 Å². The number of halogens is 1. The number of rotatable bonds is 4. The molecule has 0 spiro atoms. The average molecular weight is 386 g/mol. The van der Waals surface area contributed by atoms with E-state index >= 15 is 0 Å². The number of nitrogens with zero attached hydrogens (tertiary/aromatic N) is 3. The second-order valence-electron chi connectivity index (χ2n) is 7.51. The van der Waals surface area contributed by atoms with Crippen LogP contribution in [0.15, 0.2) is 46.3 Å². The molecule has 1 atom stereocenters. The van der Waals surface area contributed by atoms with Crippen LogP contribution in [0.3, 0.4) is 0 Å². The smallest absolute Gasteiger partial charge is 0.267 e. The molecule has 142 valence electrons. The Hall–Kier alpha value is -2.18. The number of nitrogens with two attached hydrogens (primary N) is 1. The zero-order valence-corrected chi connectivity index (χ0v) is 15.9. The van der Waals surface area contributed by atoms with Gasteiger partial charge in [0.15, 0.2) is 0 Å². The van der Waals surface area contributed by atoms with Crippen LogP contribution in [-0.2, 0) is 5.41 Å². The van der Waals surface area contributed by atoms with E-state index in [1.807, 2.05) is 30.5 Å². The van der Waals surface area contributed by atoms with Gasteiger partial charge in [-0.15, -0.1) is 0 Å². The van der Waals surface area contributed by atoms with Crippen molar-refractivity contribution in [2.24, 2.45) is 10.8 Å². The standard InChI is InChI=1S/C20H24ClN5O/c21-16-3-1-2-15(10-16)20(13-22)8-6-17(7-9-20)26-19(27)5-4-18(25-26)14-11-23-24-12-14/h1-5,10-11,14,17,24H,6-9,12-13,22H2. The summed E-state index contributed by atoms with van der Waals surface area (Å²) in [5.41, 5.74) is 11.1. The summed E-state index contributed by atoms with van der Waals surface area (Å²) in [5.74, 6) is 0.120.